The number of ether oxygens (including phenoxy) is 1. The normalized spacial score (nSPS) is 12.2. The third-order valence-electron chi connectivity index (χ3n) is 3.46. The van der Waals surface area contributed by atoms with Gasteiger partial charge in [0.05, 0.1) is 18.8 Å². The second-order valence-corrected chi connectivity index (χ2v) is 5.12. The molecule has 0 fully saturated rings. The fourth-order valence-corrected chi connectivity index (χ4v) is 2.06. The lowest BCUT2D eigenvalue weighted by atomic mass is 9.97. The number of nitrogens with zero attached hydrogens (tertiary/aromatic N) is 1. The van der Waals surface area contributed by atoms with Gasteiger partial charge in [0.1, 0.15) is 5.75 Å². The van der Waals surface area contributed by atoms with Gasteiger partial charge in [0.2, 0.25) is 0 Å². The number of hydrogen-bond acceptors (Lipinski definition) is 3. The second kappa shape index (κ2) is 6.53. The van der Waals surface area contributed by atoms with Crippen molar-refractivity contribution in [3.63, 3.8) is 0 Å². The Hall–Kier alpha value is -1.87. The van der Waals surface area contributed by atoms with E-state index in [9.17, 15) is 0 Å². The maximum atomic E-state index is 6.34. The lowest BCUT2D eigenvalue weighted by Gasteiger charge is -2.15. The van der Waals surface area contributed by atoms with E-state index in [0.717, 1.165) is 23.3 Å². The standard InChI is InChI=1S/C17H22N2O/c1-4-7-20-16-9-15(10-19-11-16)17(18)14-6-5-12(2)13(3)8-14/h5-6,8-11,17H,4,7,18H2,1-3H3. The number of aromatic nitrogens is 1. The molecule has 2 N–H and O–H groups in total. The molecule has 20 heavy (non-hydrogen) atoms. The van der Waals surface area contributed by atoms with E-state index in [4.69, 9.17) is 10.5 Å². The van der Waals surface area contributed by atoms with Gasteiger partial charge in [-0.15, -0.1) is 0 Å². The largest absolute Gasteiger partial charge is 0.492 e. The molecule has 0 spiro atoms. The Kier molecular flexibility index (Phi) is 4.74. The summed E-state index contributed by atoms with van der Waals surface area (Å²) in [4.78, 5) is 4.22. The third-order valence-corrected chi connectivity index (χ3v) is 3.46. The van der Waals surface area contributed by atoms with Gasteiger partial charge in [0.25, 0.3) is 0 Å². The van der Waals surface area contributed by atoms with E-state index >= 15 is 0 Å². The molecule has 2 aromatic rings. The van der Waals surface area contributed by atoms with Crippen LogP contribution >= 0.6 is 0 Å². The molecule has 0 aliphatic heterocycles. The Morgan fingerprint density at radius 1 is 1.10 bits per heavy atom. The molecule has 0 radical (unpaired) electrons. The first-order valence-electron chi connectivity index (χ1n) is 7.02. The van der Waals surface area contributed by atoms with E-state index in [-0.39, 0.29) is 6.04 Å². The molecule has 3 nitrogen and oxygen atoms in total. The summed E-state index contributed by atoms with van der Waals surface area (Å²) in [5.74, 6) is 0.781. The molecule has 0 aliphatic rings. The van der Waals surface area contributed by atoms with Crippen LogP contribution in [0.5, 0.6) is 5.75 Å². The molecule has 0 amide bonds. The molecule has 1 aromatic heterocycles. The van der Waals surface area contributed by atoms with Crippen LogP contribution in [-0.4, -0.2) is 11.6 Å². The summed E-state index contributed by atoms with van der Waals surface area (Å²) in [6.07, 6.45) is 4.51. The van der Waals surface area contributed by atoms with Crippen molar-refractivity contribution >= 4 is 0 Å². The zero-order valence-electron chi connectivity index (χ0n) is 12.4. The van der Waals surface area contributed by atoms with Crippen LogP contribution in [0, 0.1) is 13.8 Å². The average Bonchev–Trinajstić information content (AvgIpc) is 2.47. The number of nitrogens with two attached hydrogens (primary N) is 1. The highest BCUT2D eigenvalue weighted by Crippen LogP contribution is 2.23. The van der Waals surface area contributed by atoms with Crippen LogP contribution in [0.4, 0.5) is 0 Å². The van der Waals surface area contributed by atoms with Crippen LogP contribution < -0.4 is 10.5 Å². The van der Waals surface area contributed by atoms with Crippen molar-refractivity contribution in [3.05, 3.63) is 58.9 Å². The molecule has 106 valence electrons. The van der Waals surface area contributed by atoms with Crippen molar-refractivity contribution in [2.45, 2.75) is 33.2 Å². The van der Waals surface area contributed by atoms with Crippen molar-refractivity contribution in [2.24, 2.45) is 5.73 Å². The van der Waals surface area contributed by atoms with Gasteiger partial charge >= 0.3 is 0 Å². The van der Waals surface area contributed by atoms with Gasteiger partial charge in [-0.25, -0.2) is 0 Å². The van der Waals surface area contributed by atoms with Gasteiger partial charge < -0.3 is 10.5 Å². The predicted octanol–water partition coefficient (Wildman–Crippen LogP) is 3.54. The Bertz CT molecular complexity index is 581. The van der Waals surface area contributed by atoms with Gasteiger partial charge in [-0.3, -0.25) is 4.98 Å². The van der Waals surface area contributed by atoms with Crippen molar-refractivity contribution in [3.8, 4) is 5.75 Å². The molecule has 0 saturated carbocycles. The predicted molar refractivity (Wildman–Crippen MR) is 82.0 cm³/mol. The minimum atomic E-state index is -0.174. The van der Waals surface area contributed by atoms with Crippen LogP contribution in [0.1, 0.15) is 41.6 Å². The highest BCUT2D eigenvalue weighted by atomic mass is 16.5. The zero-order chi connectivity index (χ0) is 14.5. The Labute approximate surface area is 120 Å². The summed E-state index contributed by atoms with van der Waals surface area (Å²) in [6, 6.07) is 8.12. The minimum absolute atomic E-state index is 0.174. The molecular weight excluding hydrogens is 248 g/mol. The lowest BCUT2D eigenvalue weighted by molar-refractivity contribution is 0.315. The summed E-state index contributed by atoms with van der Waals surface area (Å²) in [7, 11) is 0. The molecule has 1 aromatic carbocycles. The van der Waals surface area contributed by atoms with Crippen LogP contribution in [0.3, 0.4) is 0 Å². The van der Waals surface area contributed by atoms with Gasteiger partial charge in [-0.05, 0) is 48.6 Å². The summed E-state index contributed by atoms with van der Waals surface area (Å²) < 4.78 is 5.61. The Balaban J connectivity index is 2.23. The summed E-state index contributed by atoms with van der Waals surface area (Å²) in [5.41, 5.74) is 10.9. The molecule has 0 bridgehead atoms. The molecule has 1 heterocycles. The number of aryl methyl sites for hydroxylation is 2. The number of hydrogen-bond donors (Lipinski definition) is 1. The van der Waals surface area contributed by atoms with E-state index in [0.29, 0.717) is 6.61 Å². The minimum Gasteiger partial charge on any atom is -0.492 e. The topological polar surface area (TPSA) is 48.1 Å². The fourth-order valence-electron chi connectivity index (χ4n) is 2.06. The first-order valence-corrected chi connectivity index (χ1v) is 7.02. The fraction of sp³-hybridized carbons (Fsp3) is 0.353. The van der Waals surface area contributed by atoms with E-state index in [1.807, 2.05) is 6.07 Å². The lowest BCUT2D eigenvalue weighted by Crippen LogP contribution is -2.12. The molecule has 0 saturated heterocycles. The maximum absolute atomic E-state index is 6.34. The van der Waals surface area contributed by atoms with Gasteiger partial charge in [-0.2, -0.15) is 0 Å². The molecule has 3 heteroatoms. The first kappa shape index (κ1) is 14.5. The first-order chi connectivity index (χ1) is 9.61. The molecule has 1 atom stereocenters. The zero-order valence-corrected chi connectivity index (χ0v) is 12.4. The van der Waals surface area contributed by atoms with Crippen molar-refractivity contribution < 1.29 is 4.74 Å². The van der Waals surface area contributed by atoms with Gasteiger partial charge in [0, 0.05) is 6.20 Å². The molecule has 2 rings (SSSR count). The smallest absolute Gasteiger partial charge is 0.137 e. The van der Waals surface area contributed by atoms with Crippen molar-refractivity contribution in [1.82, 2.24) is 4.98 Å². The number of rotatable bonds is 5. The maximum Gasteiger partial charge on any atom is 0.137 e. The van der Waals surface area contributed by atoms with E-state index in [1.165, 1.54) is 11.1 Å². The SMILES string of the molecule is CCCOc1cncc(C(N)c2ccc(C)c(C)c2)c1. The monoisotopic (exact) mass is 270 g/mol. The number of benzene rings is 1. The van der Waals surface area contributed by atoms with Crippen molar-refractivity contribution in [1.29, 1.82) is 0 Å². The summed E-state index contributed by atoms with van der Waals surface area (Å²) >= 11 is 0. The highest BCUT2D eigenvalue weighted by Gasteiger charge is 2.11. The summed E-state index contributed by atoms with van der Waals surface area (Å²) in [5, 5.41) is 0. The molecule has 0 aliphatic carbocycles. The summed E-state index contributed by atoms with van der Waals surface area (Å²) in [6.45, 7) is 6.98. The Morgan fingerprint density at radius 3 is 2.60 bits per heavy atom. The quantitative estimate of drug-likeness (QED) is 0.904. The van der Waals surface area contributed by atoms with E-state index in [2.05, 4.69) is 44.0 Å². The molecular formula is C17H22N2O. The van der Waals surface area contributed by atoms with E-state index in [1.54, 1.807) is 12.4 Å². The second-order valence-electron chi connectivity index (χ2n) is 5.12. The van der Waals surface area contributed by atoms with Crippen LogP contribution in [0.2, 0.25) is 0 Å². The molecule has 1 unspecified atom stereocenters. The number of pyridine rings is 1. The van der Waals surface area contributed by atoms with Gasteiger partial charge in [-0.1, -0.05) is 25.1 Å². The van der Waals surface area contributed by atoms with E-state index < -0.39 is 0 Å². The third kappa shape index (κ3) is 3.36. The Morgan fingerprint density at radius 2 is 1.90 bits per heavy atom. The van der Waals surface area contributed by atoms with Crippen molar-refractivity contribution in [2.75, 3.05) is 6.61 Å². The van der Waals surface area contributed by atoms with Crippen LogP contribution in [0.15, 0.2) is 36.7 Å². The highest BCUT2D eigenvalue weighted by molar-refractivity contribution is 5.37. The van der Waals surface area contributed by atoms with Crippen LogP contribution in [0.25, 0.3) is 0 Å². The average molecular weight is 270 g/mol. The van der Waals surface area contributed by atoms with Gasteiger partial charge in [0.15, 0.2) is 0 Å². The van der Waals surface area contributed by atoms with Crippen LogP contribution in [-0.2, 0) is 0 Å².